The molecule has 3 rings (SSSR count). The number of benzene rings is 2. The van der Waals surface area contributed by atoms with Crippen LogP contribution in [0.2, 0.25) is 0 Å². The second-order valence-electron chi connectivity index (χ2n) is 5.13. The number of aromatic nitrogens is 2. The smallest absolute Gasteiger partial charge is 0.269 e. The Morgan fingerprint density at radius 3 is 2.62 bits per heavy atom. The Morgan fingerprint density at radius 2 is 1.96 bits per heavy atom. The molecule has 0 radical (unpaired) electrons. The van der Waals surface area contributed by atoms with Crippen molar-refractivity contribution in [3.8, 4) is 22.9 Å². The third-order valence-electron chi connectivity index (χ3n) is 3.48. The molecule has 0 bridgehead atoms. The van der Waals surface area contributed by atoms with Gasteiger partial charge in [-0.15, -0.1) is 0 Å². The van der Waals surface area contributed by atoms with Crippen molar-refractivity contribution in [1.82, 2.24) is 10.1 Å². The summed E-state index contributed by atoms with van der Waals surface area (Å²) in [7, 11) is 1.47. The largest absolute Gasteiger partial charge is 0.493 e. The molecule has 0 spiro atoms. The standard InChI is InChI=1S/C17H13N3O6/c1-24-15-8-11(9-21)2-7-14(15)25-10-16-18-17(19-26-16)12-3-5-13(6-4-12)20(22)23/h2-9H,10H2,1H3. The Bertz CT molecular complexity index is 936. The zero-order valence-electron chi connectivity index (χ0n) is 13.6. The van der Waals surface area contributed by atoms with Crippen molar-refractivity contribution < 1.29 is 23.7 Å². The third-order valence-corrected chi connectivity index (χ3v) is 3.48. The molecular formula is C17H13N3O6. The fraction of sp³-hybridized carbons (Fsp3) is 0.118. The van der Waals surface area contributed by atoms with Gasteiger partial charge < -0.3 is 14.0 Å². The molecule has 9 heteroatoms. The molecule has 2 aromatic carbocycles. The monoisotopic (exact) mass is 355 g/mol. The van der Waals surface area contributed by atoms with E-state index in [1.54, 1.807) is 18.2 Å². The maximum absolute atomic E-state index is 10.8. The van der Waals surface area contributed by atoms with Crippen LogP contribution in [-0.2, 0) is 6.61 Å². The lowest BCUT2D eigenvalue weighted by Crippen LogP contribution is -1.98. The molecule has 0 atom stereocenters. The minimum Gasteiger partial charge on any atom is -0.493 e. The quantitative estimate of drug-likeness (QED) is 0.360. The average Bonchev–Trinajstić information content (AvgIpc) is 3.15. The van der Waals surface area contributed by atoms with Crippen LogP contribution < -0.4 is 9.47 Å². The number of carbonyl (C=O) groups is 1. The van der Waals surface area contributed by atoms with Crippen LogP contribution >= 0.6 is 0 Å². The summed E-state index contributed by atoms with van der Waals surface area (Å²) in [6, 6.07) is 10.6. The molecule has 26 heavy (non-hydrogen) atoms. The number of methoxy groups -OCH3 is 1. The van der Waals surface area contributed by atoms with Crippen LogP contribution in [0, 0.1) is 10.1 Å². The van der Waals surface area contributed by atoms with Crippen LogP contribution in [0.5, 0.6) is 11.5 Å². The second-order valence-corrected chi connectivity index (χ2v) is 5.13. The van der Waals surface area contributed by atoms with Crippen LogP contribution in [0.4, 0.5) is 5.69 Å². The number of nitrogens with zero attached hydrogens (tertiary/aromatic N) is 3. The highest BCUT2D eigenvalue weighted by Gasteiger charge is 2.13. The maximum atomic E-state index is 10.8. The SMILES string of the molecule is COc1cc(C=O)ccc1OCc1nc(-c2ccc([N+](=O)[O-])cc2)no1. The molecule has 0 saturated carbocycles. The van der Waals surface area contributed by atoms with Crippen LogP contribution in [0.3, 0.4) is 0 Å². The zero-order valence-corrected chi connectivity index (χ0v) is 13.6. The number of hydrogen-bond donors (Lipinski definition) is 0. The molecule has 132 valence electrons. The van der Waals surface area contributed by atoms with Crippen molar-refractivity contribution in [3.63, 3.8) is 0 Å². The van der Waals surface area contributed by atoms with Gasteiger partial charge in [0, 0.05) is 23.3 Å². The number of hydrogen-bond acceptors (Lipinski definition) is 8. The van der Waals surface area contributed by atoms with Gasteiger partial charge in [-0.3, -0.25) is 14.9 Å². The van der Waals surface area contributed by atoms with Crippen LogP contribution in [0.25, 0.3) is 11.4 Å². The van der Waals surface area contributed by atoms with Crippen LogP contribution in [0.1, 0.15) is 16.2 Å². The lowest BCUT2D eigenvalue weighted by Gasteiger charge is -2.09. The Balaban J connectivity index is 1.71. The predicted molar refractivity (Wildman–Crippen MR) is 89.1 cm³/mol. The molecule has 9 nitrogen and oxygen atoms in total. The van der Waals surface area contributed by atoms with E-state index >= 15 is 0 Å². The Morgan fingerprint density at radius 1 is 1.19 bits per heavy atom. The van der Waals surface area contributed by atoms with Crippen molar-refractivity contribution in [1.29, 1.82) is 0 Å². The summed E-state index contributed by atoms with van der Waals surface area (Å²) in [6.45, 7) is -0.00320. The van der Waals surface area contributed by atoms with E-state index in [2.05, 4.69) is 10.1 Å². The lowest BCUT2D eigenvalue weighted by atomic mass is 10.2. The van der Waals surface area contributed by atoms with Gasteiger partial charge in [-0.05, 0) is 30.3 Å². The topological polar surface area (TPSA) is 118 Å². The Hall–Kier alpha value is -3.75. The Labute approximate surface area is 147 Å². The number of carbonyl (C=O) groups excluding carboxylic acids is 1. The van der Waals surface area contributed by atoms with E-state index in [9.17, 15) is 14.9 Å². The minimum atomic E-state index is -0.484. The third kappa shape index (κ3) is 3.66. The number of ether oxygens (including phenoxy) is 2. The fourth-order valence-electron chi connectivity index (χ4n) is 2.18. The number of non-ortho nitro benzene ring substituents is 1. The summed E-state index contributed by atoms with van der Waals surface area (Å²) in [5.74, 6) is 1.35. The molecule has 0 amide bonds. The summed E-state index contributed by atoms with van der Waals surface area (Å²) >= 11 is 0. The van der Waals surface area contributed by atoms with Crippen molar-refractivity contribution in [3.05, 3.63) is 64.0 Å². The normalized spacial score (nSPS) is 10.3. The summed E-state index contributed by atoms with van der Waals surface area (Å²) in [5.41, 5.74) is 1.03. The van der Waals surface area contributed by atoms with Gasteiger partial charge in [0.05, 0.1) is 12.0 Å². The molecule has 0 aliphatic rings. The molecule has 0 aliphatic heterocycles. The maximum Gasteiger partial charge on any atom is 0.269 e. The van der Waals surface area contributed by atoms with Gasteiger partial charge in [-0.25, -0.2) is 0 Å². The molecule has 1 aromatic heterocycles. The molecule has 0 saturated heterocycles. The minimum absolute atomic E-state index is 0.00320. The van der Waals surface area contributed by atoms with E-state index in [-0.39, 0.29) is 18.2 Å². The summed E-state index contributed by atoms with van der Waals surface area (Å²) in [4.78, 5) is 25.2. The van der Waals surface area contributed by atoms with Gasteiger partial charge in [-0.2, -0.15) is 4.98 Å². The first kappa shape index (κ1) is 17.1. The fourth-order valence-corrected chi connectivity index (χ4v) is 2.18. The number of nitro groups is 1. The molecule has 0 aliphatic carbocycles. The van der Waals surface area contributed by atoms with Crippen molar-refractivity contribution in [2.45, 2.75) is 6.61 Å². The highest BCUT2D eigenvalue weighted by atomic mass is 16.6. The first-order valence-electron chi connectivity index (χ1n) is 7.44. The number of rotatable bonds is 7. The molecule has 0 unspecified atom stereocenters. The van der Waals surface area contributed by atoms with E-state index in [4.69, 9.17) is 14.0 Å². The molecule has 0 N–H and O–H groups in total. The van der Waals surface area contributed by atoms with E-state index in [0.29, 0.717) is 34.7 Å². The highest BCUT2D eigenvalue weighted by Crippen LogP contribution is 2.28. The number of aldehydes is 1. The Kier molecular flexibility index (Phi) is 4.88. The first-order valence-corrected chi connectivity index (χ1v) is 7.44. The van der Waals surface area contributed by atoms with E-state index in [1.165, 1.54) is 31.4 Å². The van der Waals surface area contributed by atoms with E-state index in [0.717, 1.165) is 0 Å². The van der Waals surface area contributed by atoms with Gasteiger partial charge >= 0.3 is 0 Å². The van der Waals surface area contributed by atoms with Gasteiger partial charge in [0.15, 0.2) is 18.1 Å². The van der Waals surface area contributed by atoms with Crippen LogP contribution in [0.15, 0.2) is 47.0 Å². The van der Waals surface area contributed by atoms with Gasteiger partial charge in [0.1, 0.15) is 6.29 Å². The molecule has 0 fully saturated rings. The first-order chi connectivity index (χ1) is 12.6. The van der Waals surface area contributed by atoms with Crippen LogP contribution in [-0.4, -0.2) is 28.5 Å². The molecular weight excluding hydrogens is 342 g/mol. The van der Waals surface area contributed by atoms with Crippen molar-refractivity contribution in [2.24, 2.45) is 0 Å². The number of nitro benzene ring substituents is 1. The van der Waals surface area contributed by atoms with Gasteiger partial charge in [0.2, 0.25) is 5.82 Å². The average molecular weight is 355 g/mol. The molecule has 1 heterocycles. The molecule has 3 aromatic rings. The lowest BCUT2D eigenvalue weighted by molar-refractivity contribution is -0.384. The highest BCUT2D eigenvalue weighted by molar-refractivity contribution is 5.76. The van der Waals surface area contributed by atoms with Crippen molar-refractivity contribution in [2.75, 3.05) is 7.11 Å². The van der Waals surface area contributed by atoms with Crippen molar-refractivity contribution >= 4 is 12.0 Å². The zero-order chi connectivity index (χ0) is 18.5. The summed E-state index contributed by atoms with van der Waals surface area (Å²) in [6.07, 6.45) is 0.709. The summed E-state index contributed by atoms with van der Waals surface area (Å²) in [5, 5.41) is 14.5. The van der Waals surface area contributed by atoms with E-state index < -0.39 is 4.92 Å². The van der Waals surface area contributed by atoms with Gasteiger partial charge in [-0.1, -0.05) is 5.16 Å². The predicted octanol–water partition coefficient (Wildman–Crippen LogP) is 3.04. The summed E-state index contributed by atoms with van der Waals surface area (Å²) < 4.78 is 15.9. The second kappa shape index (κ2) is 7.43. The van der Waals surface area contributed by atoms with Gasteiger partial charge in [0.25, 0.3) is 11.6 Å². The van der Waals surface area contributed by atoms with E-state index in [1.807, 2.05) is 0 Å².